The number of hydrogen-bond donors (Lipinski definition) is 2. The zero-order valence-electron chi connectivity index (χ0n) is 9.48. The largest absolute Gasteiger partial charge is 0.383 e. The molecule has 6 heteroatoms. The highest BCUT2D eigenvalue weighted by Crippen LogP contribution is 2.06. The third-order valence-corrected chi connectivity index (χ3v) is 2.19. The minimum atomic E-state index is -0.153. The first-order chi connectivity index (χ1) is 7.77. The molecule has 6 nitrogen and oxygen atoms in total. The molecule has 0 amide bonds. The molecule has 0 aliphatic carbocycles. The summed E-state index contributed by atoms with van der Waals surface area (Å²) in [4.78, 5) is 19.8. The van der Waals surface area contributed by atoms with Crippen molar-refractivity contribution >= 4 is 5.82 Å². The van der Waals surface area contributed by atoms with Crippen LogP contribution in [-0.2, 0) is 4.74 Å². The van der Waals surface area contributed by atoms with Crippen molar-refractivity contribution in [3.8, 4) is 0 Å². The van der Waals surface area contributed by atoms with Crippen LogP contribution in [0, 0.1) is 0 Å². The second-order valence-electron chi connectivity index (χ2n) is 3.39. The summed E-state index contributed by atoms with van der Waals surface area (Å²) in [6.07, 6.45) is 2.26. The summed E-state index contributed by atoms with van der Waals surface area (Å²) >= 11 is 0. The van der Waals surface area contributed by atoms with Crippen molar-refractivity contribution in [2.75, 3.05) is 38.3 Å². The Morgan fingerprint density at radius 3 is 3.00 bits per heavy atom. The van der Waals surface area contributed by atoms with Gasteiger partial charge in [0, 0.05) is 26.3 Å². The average Bonchev–Trinajstić information content (AvgIpc) is 2.29. The SMILES string of the molecule is COCCN(CCCN)c1cc(=O)[nH]cn1. The van der Waals surface area contributed by atoms with Gasteiger partial charge in [-0.05, 0) is 13.0 Å². The number of nitrogens with two attached hydrogens (primary N) is 1. The Morgan fingerprint density at radius 1 is 1.56 bits per heavy atom. The molecule has 0 unspecified atom stereocenters. The Labute approximate surface area is 94.4 Å². The predicted molar refractivity (Wildman–Crippen MR) is 62.6 cm³/mol. The van der Waals surface area contributed by atoms with Crippen LogP contribution in [0.2, 0.25) is 0 Å². The fourth-order valence-electron chi connectivity index (χ4n) is 1.36. The lowest BCUT2D eigenvalue weighted by Gasteiger charge is -2.22. The quantitative estimate of drug-likeness (QED) is 0.659. The van der Waals surface area contributed by atoms with Crippen LogP contribution in [-0.4, -0.2) is 43.3 Å². The van der Waals surface area contributed by atoms with Crippen LogP contribution in [0.5, 0.6) is 0 Å². The van der Waals surface area contributed by atoms with Gasteiger partial charge in [0.2, 0.25) is 0 Å². The molecule has 1 aromatic rings. The van der Waals surface area contributed by atoms with E-state index in [1.165, 1.54) is 12.4 Å². The third-order valence-electron chi connectivity index (χ3n) is 2.19. The number of anilines is 1. The summed E-state index contributed by atoms with van der Waals surface area (Å²) < 4.78 is 5.02. The van der Waals surface area contributed by atoms with Crippen LogP contribution in [0.25, 0.3) is 0 Å². The minimum absolute atomic E-state index is 0.153. The Morgan fingerprint density at radius 2 is 2.38 bits per heavy atom. The summed E-state index contributed by atoms with van der Waals surface area (Å²) in [6, 6.07) is 1.48. The lowest BCUT2D eigenvalue weighted by atomic mass is 10.3. The molecule has 0 aromatic carbocycles. The van der Waals surface area contributed by atoms with E-state index < -0.39 is 0 Å². The van der Waals surface area contributed by atoms with E-state index in [-0.39, 0.29) is 5.56 Å². The minimum Gasteiger partial charge on any atom is -0.383 e. The molecule has 0 radical (unpaired) electrons. The summed E-state index contributed by atoms with van der Waals surface area (Å²) in [5.74, 6) is 0.661. The molecule has 0 spiro atoms. The van der Waals surface area contributed by atoms with Gasteiger partial charge in [-0.2, -0.15) is 0 Å². The number of hydrogen-bond acceptors (Lipinski definition) is 5. The Hall–Kier alpha value is -1.40. The Bertz CT molecular complexity index is 345. The first-order valence-electron chi connectivity index (χ1n) is 5.26. The molecule has 16 heavy (non-hydrogen) atoms. The highest BCUT2D eigenvalue weighted by atomic mass is 16.5. The zero-order valence-corrected chi connectivity index (χ0v) is 9.48. The van der Waals surface area contributed by atoms with Crippen molar-refractivity contribution in [2.45, 2.75) is 6.42 Å². The first-order valence-corrected chi connectivity index (χ1v) is 5.26. The summed E-state index contributed by atoms with van der Waals surface area (Å²) in [6.45, 7) is 2.69. The van der Waals surface area contributed by atoms with E-state index >= 15 is 0 Å². The van der Waals surface area contributed by atoms with Gasteiger partial charge in [0.25, 0.3) is 5.56 Å². The van der Waals surface area contributed by atoms with Gasteiger partial charge in [0.15, 0.2) is 0 Å². The number of methoxy groups -OCH3 is 1. The molecule has 1 heterocycles. The number of rotatable bonds is 7. The summed E-state index contributed by atoms with van der Waals surface area (Å²) in [5, 5.41) is 0. The normalized spacial score (nSPS) is 10.4. The van der Waals surface area contributed by atoms with E-state index in [1.807, 2.05) is 4.90 Å². The monoisotopic (exact) mass is 226 g/mol. The molecule has 0 fully saturated rings. The van der Waals surface area contributed by atoms with Crippen LogP contribution in [0.15, 0.2) is 17.2 Å². The number of aromatic nitrogens is 2. The molecule has 0 bridgehead atoms. The topological polar surface area (TPSA) is 84.2 Å². The molecule has 1 aromatic heterocycles. The highest BCUT2D eigenvalue weighted by molar-refractivity contribution is 5.36. The second-order valence-corrected chi connectivity index (χ2v) is 3.39. The maximum Gasteiger partial charge on any atom is 0.252 e. The van der Waals surface area contributed by atoms with Crippen LogP contribution in [0.1, 0.15) is 6.42 Å². The molecule has 90 valence electrons. The van der Waals surface area contributed by atoms with Gasteiger partial charge in [-0.15, -0.1) is 0 Å². The molecule has 3 N–H and O–H groups in total. The maximum absolute atomic E-state index is 11.2. The van der Waals surface area contributed by atoms with Gasteiger partial charge in [0.1, 0.15) is 5.82 Å². The van der Waals surface area contributed by atoms with E-state index in [0.29, 0.717) is 25.5 Å². The first kappa shape index (κ1) is 12.7. The van der Waals surface area contributed by atoms with Gasteiger partial charge in [0.05, 0.1) is 12.9 Å². The van der Waals surface area contributed by atoms with Gasteiger partial charge in [-0.1, -0.05) is 0 Å². The van der Waals surface area contributed by atoms with Crippen molar-refractivity contribution < 1.29 is 4.74 Å². The van der Waals surface area contributed by atoms with Gasteiger partial charge < -0.3 is 20.4 Å². The van der Waals surface area contributed by atoms with Crippen molar-refractivity contribution in [2.24, 2.45) is 5.73 Å². The number of ether oxygens (including phenoxy) is 1. The van der Waals surface area contributed by atoms with E-state index in [4.69, 9.17) is 10.5 Å². The maximum atomic E-state index is 11.2. The molecule has 0 aliphatic heterocycles. The molecular formula is C10H18N4O2. The van der Waals surface area contributed by atoms with Crippen LogP contribution < -0.4 is 16.2 Å². The number of aromatic amines is 1. The summed E-state index contributed by atoms with van der Waals surface area (Å²) in [5.41, 5.74) is 5.31. The molecule has 0 saturated carbocycles. The third kappa shape index (κ3) is 4.00. The molecule has 0 aliphatic rings. The fourth-order valence-corrected chi connectivity index (χ4v) is 1.36. The zero-order chi connectivity index (χ0) is 11.8. The van der Waals surface area contributed by atoms with E-state index in [0.717, 1.165) is 13.0 Å². The van der Waals surface area contributed by atoms with Gasteiger partial charge >= 0.3 is 0 Å². The van der Waals surface area contributed by atoms with Crippen LogP contribution in [0.4, 0.5) is 5.82 Å². The number of nitrogens with zero attached hydrogens (tertiary/aromatic N) is 2. The lowest BCUT2D eigenvalue weighted by Crippen LogP contribution is -2.31. The Kier molecular flexibility index (Phi) is 5.52. The van der Waals surface area contributed by atoms with Crippen LogP contribution in [0.3, 0.4) is 0 Å². The highest BCUT2D eigenvalue weighted by Gasteiger charge is 2.07. The van der Waals surface area contributed by atoms with Crippen LogP contribution >= 0.6 is 0 Å². The van der Waals surface area contributed by atoms with Gasteiger partial charge in [-0.25, -0.2) is 4.98 Å². The van der Waals surface area contributed by atoms with E-state index in [1.54, 1.807) is 7.11 Å². The molecular weight excluding hydrogens is 208 g/mol. The average molecular weight is 226 g/mol. The van der Waals surface area contributed by atoms with Crippen molar-refractivity contribution in [1.82, 2.24) is 9.97 Å². The molecule has 1 rings (SSSR count). The van der Waals surface area contributed by atoms with Crippen molar-refractivity contribution in [1.29, 1.82) is 0 Å². The van der Waals surface area contributed by atoms with Crippen molar-refractivity contribution in [3.05, 3.63) is 22.7 Å². The van der Waals surface area contributed by atoms with Gasteiger partial charge in [-0.3, -0.25) is 4.79 Å². The number of H-pyrrole nitrogens is 1. The predicted octanol–water partition coefficient (Wildman–Crippen LogP) is -0.428. The van der Waals surface area contributed by atoms with E-state index in [9.17, 15) is 4.79 Å². The second kappa shape index (κ2) is 6.97. The molecule has 0 saturated heterocycles. The smallest absolute Gasteiger partial charge is 0.252 e. The molecule has 0 atom stereocenters. The number of nitrogens with one attached hydrogen (secondary N) is 1. The lowest BCUT2D eigenvalue weighted by molar-refractivity contribution is 0.205. The van der Waals surface area contributed by atoms with Crippen molar-refractivity contribution in [3.63, 3.8) is 0 Å². The fraction of sp³-hybridized carbons (Fsp3) is 0.600. The van der Waals surface area contributed by atoms with E-state index in [2.05, 4.69) is 9.97 Å². The standard InChI is InChI=1S/C10H18N4O2/c1-16-6-5-14(4-2-3-11)9-7-10(15)13-8-12-9/h7-8H,2-6,11H2,1H3,(H,12,13,15). The Balaban J connectivity index is 2.70. The summed E-state index contributed by atoms with van der Waals surface area (Å²) in [7, 11) is 1.65.